The Hall–Kier alpha value is -2.53. The van der Waals surface area contributed by atoms with Gasteiger partial charge in [-0.25, -0.2) is 0 Å². The summed E-state index contributed by atoms with van der Waals surface area (Å²) in [5.41, 5.74) is 4.11. The molecule has 0 aromatic heterocycles. The number of ether oxygens (including phenoxy) is 2. The van der Waals surface area contributed by atoms with E-state index in [2.05, 4.69) is 43.4 Å². The number of hydrogen-bond donors (Lipinski definition) is 2. The SMILES string of the molecule is CC(C)(CC1Cc2ccccc2C1)NCCCOc1ccc2c(c1)C1C(O2)C1C(=O)O. The number of benzene rings is 2. The van der Waals surface area contributed by atoms with Crippen LogP contribution in [0.25, 0.3) is 0 Å². The average molecular weight is 422 g/mol. The molecule has 164 valence electrons. The molecule has 2 N–H and O–H groups in total. The van der Waals surface area contributed by atoms with Crippen molar-refractivity contribution in [3.05, 3.63) is 59.2 Å². The highest BCUT2D eigenvalue weighted by Crippen LogP contribution is 2.58. The molecule has 0 bridgehead atoms. The van der Waals surface area contributed by atoms with E-state index in [1.807, 2.05) is 18.2 Å². The van der Waals surface area contributed by atoms with Crippen molar-refractivity contribution >= 4 is 5.97 Å². The normalized spacial score (nSPS) is 23.6. The van der Waals surface area contributed by atoms with Crippen LogP contribution in [0.3, 0.4) is 0 Å². The first-order valence-electron chi connectivity index (χ1n) is 11.4. The van der Waals surface area contributed by atoms with Gasteiger partial charge in [0, 0.05) is 17.0 Å². The van der Waals surface area contributed by atoms with Gasteiger partial charge in [-0.05, 0) is 81.3 Å². The molecule has 2 aliphatic carbocycles. The largest absolute Gasteiger partial charge is 0.494 e. The van der Waals surface area contributed by atoms with Crippen LogP contribution in [0.5, 0.6) is 11.5 Å². The third-order valence-electron chi connectivity index (χ3n) is 6.97. The van der Waals surface area contributed by atoms with E-state index >= 15 is 0 Å². The van der Waals surface area contributed by atoms with E-state index in [0.29, 0.717) is 12.5 Å². The summed E-state index contributed by atoms with van der Waals surface area (Å²) in [6, 6.07) is 14.6. The van der Waals surface area contributed by atoms with E-state index in [4.69, 9.17) is 9.47 Å². The lowest BCUT2D eigenvalue weighted by atomic mass is 9.88. The minimum atomic E-state index is -0.776. The predicted molar refractivity (Wildman–Crippen MR) is 119 cm³/mol. The zero-order chi connectivity index (χ0) is 21.6. The number of aliphatic carboxylic acids is 1. The molecule has 3 unspecified atom stereocenters. The summed E-state index contributed by atoms with van der Waals surface area (Å²) in [7, 11) is 0. The Kier molecular flexibility index (Phi) is 5.17. The number of nitrogens with one attached hydrogen (secondary N) is 1. The van der Waals surface area contributed by atoms with E-state index < -0.39 is 11.9 Å². The molecular formula is C26H31NO4. The fourth-order valence-corrected chi connectivity index (χ4v) is 5.50. The monoisotopic (exact) mass is 421 g/mol. The van der Waals surface area contributed by atoms with Crippen LogP contribution in [0, 0.1) is 11.8 Å². The molecule has 5 rings (SSSR count). The van der Waals surface area contributed by atoms with Crippen LogP contribution in [-0.2, 0) is 17.6 Å². The molecule has 2 aromatic carbocycles. The first-order valence-corrected chi connectivity index (χ1v) is 11.4. The first kappa shape index (κ1) is 20.4. The summed E-state index contributed by atoms with van der Waals surface area (Å²) in [6.07, 6.45) is 4.28. The van der Waals surface area contributed by atoms with Crippen molar-refractivity contribution in [2.24, 2.45) is 11.8 Å². The molecule has 5 nitrogen and oxygen atoms in total. The van der Waals surface area contributed by atoms with E-state index in [1.54, 1.807) is 0 Å². The minimum Gasteiger partial charge on any atom is -0.494 e. The number of hydrogen-bond acceptors (Lipinski definition) is 4. The van der Waals surface area contributed by atoms with Gasteiger partial charge in [-0.1, -0.05) is 24.3 Å². The van der Waals surface area contributed by atoms with Crippen molar-refractivity contribution in [1.29, 1.82) is 0 Å². The van der Waals surface area contributed by atoms with Crippen molar-refractivity contribution in [1.82, 2.24) is 5.32 Å². The molecule has 0 amide bonds. The first-order chi connectivity index (χ1) is 14.9. The zero-order valence-electron chi connectivity index (χ0n) is 18.3. The maximum absolute atomic E-state index is 11.2. The molecule has 5 heteroatoms. The van der Waals surface area contributed by atoms with Crippen LogP contribution in [0.4, 0.5) is 0 Å². The van der Waals surface area contributed by atoms with Gasteiger partial charge in [0.05, 0.1) is 6.61 Å². The van der Waals surface area contributed by atoms with Crippen molar-refractivity contribution in [3.63, 3.8) is 0 Å². The van der Waals surface area contributed by atoms with Crippen LogP contribution < -0.4 is 14.8 Å². The lowest BCUT2D eigenvalue weighted by molar-refractivity contribution is -0.139. The molecule has 3 atom stereocenters. The van der Waals surface area contributed by atoms with Gasteiger partial charge in [0.2, 0.25) is 0 Å². The number of carboxylic acid groups (broad SMARTS) is 1. The van der Waals surface area contributed by atoms with Gasteiger partial charge in [0.1, 0.15) is 23.5 Å². The van der Waals surface area contributed by atoms with Gasteiger partial charge in [-0.2, -0.15) is 0 Å². The van der Waals surface area contributed by atoms with E-state index in [9.17, 15) is 9.90 Å². The Morgan fingerprint density at radius 1 is 1.19 bits per heavy atom. The van der Waals surface area contributed by atoms with E-state index in [0.717, 1.165) is 30.0 Å². The Morgan fingerprint density at radius 2 is 1.94 bits per heavy atom. The summed E-state index contributed by atoms with van der Waals surface area (Å²) in [5, 5.41) is 12.9. The number of fused-ring (bicyclic) bond motifs is 4. The maximum Gasteiger partial charge on any atom is 0.311 e. The Morgan fingerprint density at radius 3 is 2.65 bits per heavy atom. The topological polar surface area (TPSA) is 67.8 Å². The predicted octanol–water partition coefficient (Wildman–Crippen LogP) is 4.19. The smallest absolute Gasteiger partial charge is 0.311 e. The summed E-state index contributed by atoms with van der Waals surface area (Å²) < 4.78 is 11.7. The summed E-state index contributed by atoms with van der Waals surface area (Å²) in [6.45, 7) is 6.13. The molecule has 2 aromatic rings. The molecule has 1 saturated carbocycles. The fraction of sp³-hybridized carbons (Fsp3) is 0.500. The van der Waals surface area contributed by atoms with Crippen molar-refractivity contribution < 1.29 is 19.4 Å². The molecule has 0 radical (unpaired) electrons. The molecule has 3 aliphatic rings. The molecule has 0 saturated heterocycles. The summed E-state index contributed by atoms with van der Waals surface area (Å²) in [5.74, 6) is 1.12. The second-order valence-corrected chi connectivity index (χ2v) is 9.93. The van der Waals surface area contributed by atoms with E-state index in [1.165, 1.54) is 30.4 Å². The standard InChI is InChI=1S/C26H31NO4/c1-26(2,15-16-12-17-6-3-4-7-18(17)13-16)27-10-5-11-30-19-8-9-21-20(14-19)22-23(25(28)29)24(22)31-21/h3-4,6-9,14,16,22-24,27H,5,10-13,15H2,1-2H3,(H,28,29). The summed E-state index contributed by atoms with van der Waals surface area (Å²) in [4.78, 5) is 11.2. The molecular weight excluding hydrogens is 390 g/mol. The van der Waals surface area contributed by atoms with Crippen molar-refractivity contribution in [2.45, 2.75) is 57.1 Å². The second-order valence-electron chi connectivity index (χ2n) is 9.93. The quantitative estimate of drug-likeness (QED) is 0.595. The molecule has 1 fully saturated rings. The average Bonchev–Trinajstić information content (AvgIpc) is 3.10. The highest BCUT2D eigenvalue weighted by atomic mass is 16.5. The van der Waals surface area contributed by atoms with Gasteiger partial charge < -0.3 is 19.9 Å². The third kappa shape index (κ3) is 4.16. The van der Waals surface area contributed by atoms with Gasteiger partial charge in [-0.15, -0.1) is 0 Å². The van der Waals surface area contributed by atoms with Crippen LogP contribution in [-0.4, -0.2) is 35.9 Å². The van der Waals surface area contributed by atoms with E-state index in [-0.39, 0.29) is 17.6 Å². The Labute approximate surface area is 183 Å². The molecule has 31 heavy (non-hydrogen) atoms. The summed E-state index contributed by atoms with van der Waals surface area (Å²) >= 11 is 0. The zero-order valence-corrected chi connectivity index (χ0v) is 18.3. The fourth-order valence-electron chi connectivity index (χ4n) is 5.50. The van der Waals surface area contributed by atoms with Gasteiger partial charge in [0.25, 0.3) is 0 Å². The van der Waals surface area contributed by atoms with Crippen LogP contribution in [0.1, 0.15) is 49.3 Å². The lowest BCUT2D eigenvalue weighted by Crippen LogP contribution is -2.42. The third-order valence-corrected chi connectivity index (χ3v) is 6.97. The highest BCUT2D eigenvalue weighted by molar-refractivity contribution is 5.79. The van der Waals surface area contributed by atoms with Crippen LogP contribution in [0.2, 0.25) is 0 Å². The van der Waals surface area contributed by atoms with Crippen LogP contribution >= 0.6 is 0 Å². The van der Waals surface area contributed by atoms with Gasteiger partial charge in [-0.3, -0.25) is 4.79 Å². The Balaban J connectivity index is 1.05. The lowest BCUT2D eigenvalue weighted by Gasteiger charge is -2.29. The Bertz CT molecular complexity index is 960. The molecule has 1 aliphatic heterocycles. The number of rotatable bonds is 9. The molecule has 1 heterocycles. The number of carbonyl (C=O) groups is 1. The second kappa shape index (κ2) is 7.86. The minimum absolute atomic E-state index is 0.0137. The number of carboxylic acids is 1. The van der Waals surface area contributed by atoms with Crippen molar-refractivity contribution in [3.8, 4) is 11.5 Å². The molecule has 0 spiro atoms. The maximum atomic E-state index is 11.2. The highest BCUT2D eigenvalue weighted by Gasteiger charge is 2.63. The van der Waals surface area contributed by atoms with Crippen LogP contribution in [0.15, 0.2) is 42.5 Å². The van der Waals surface area contributed by atoms with Gasteiger partial charge in [0.15, 0.2) is 0 Å². The van der Waals surface area contributed by atoms with Crippen molar-refractivity contribution in [2.75, 3.05) is 13.2 Å². The van der Waals surface area contributed by atoms with Gasteiger partial charge >= 0.3 is 5.97 Å².